The Hall–Kier alpha value is -2.56. The highest BCUT2D eigenvalue weighted by molar-refractivity contribution is 5.83. The summed E-state index contributed by atoms with van der Waals surface area (Å²) in [6, 6.07) is 10.0. The van der Waals surface area contributed by atoms with Gasteiger partial charge in [-0.05, 0) is 24.6 Å². The maximum absolute atomic E-state index is 12.1. The first kappa shape index (κ1) is 14.8. The molecule has 1 amide bonds. The summed E-state index contributed by atoms with van der Waals surface area (Å²) in [7, 11) is 0. The zero-order chi connectivity index (χ0) is 15.2. The van der Waals surface area contributed by atoms with Gasteiger partial charge in [-0.25, -0.2) is 4.79 Å². The van der Waals surface area contributed by atoms with Gasteiger partial charge in [0.15, 0.2) is 6.04 Å². The van der Waals surface area contributed by atoms with E-state index < -0.39 is 12.0 Å². The standard InChI is InChI=1S/C16H17NO4/c1-11-5-3-6-13(9-11)10-21-16(19)15(17-12(2)18)14-7-4-8-20-14/h3-9,15H,10H2,1-2H3,(H,17,18). The number of rotatable bonds is 5. The topological polar surface area (TPSA) is 68.5 Å². The molecule has 1 aromatic heterocycles. The van der Waals surface area contributed by atoms with E-state index in [4.69, 9.17) is 9.15 Å². The van der Waals surface area contributed by atoms with E-state index in [9.17, 15) is 9.59 Å². The summed E-state index contributed by atoms with van der Waals surface area (Å²) in [5.74, 6) is -0.537. The van der Waals surface area contributed by atoms with Crippen LogP contribution < -0.4 is 5.32 Å². The molecule has 1 unspecified atom stereocenters. The van der Waals surface area contributed by atoms with Crippen molar-refractivity contribution < 1.29 is 18.7 Å². The first-order valence-electron chi connectivity index (χ1n) is 6.59. The largest absolute Gasteiger partial charge is 0.467 e. The Morgan fingerprint density at radius 2 is 2.10 bits per heavy atom. The molecule has 5 heteroatoms. The molecule has 0 aliphatic rings. The first-order chi connectivity index (χ1) is 10.1. The minimum absolute atomic E-state index is 0.150. The average molecular weight is 287 g/mol. The minimum atomic E-state index is -0.928. The highest BCUT2D eigenvalue weighted by Gasteiger charge is 2.25. The van der Waals surface area contributed by atoms with Crippen molar-refractivity contribution in [1.82, 2.24) is 5.32 Å². The Labute approximate surface area is 122 Å². The Morgan fingerprint density at radius 1 is 1.29 bits per heavy atom. The zero-order valence-electron chi connectivity index (χ0n) is 12.0. The van der Waals surface area contributed by atoms with Crippen LogP contribution in [0.1, 0.15) is 29.9 Å². The second kappa shape index (κ2) is 6.74. The van der Waals surface area contributed by atoms with E-state index in [1.165, 1.54) is 13.2 Å². The number of hydrogen-bond donors (Lipinski definition) is 1. The highest BCUT2D eigenvalue weighted by atomic mass is 16.5. The second-order valence-electron chi connectivity index (χ2n) is 4.75. The van der Waals surface area contributed by atoms with Crippen LogP contribution in [0.3, 0.4) is 0 Å². The van der Waals surface area contributed by atoms with E-state index in [0.717, 1.165) is 11.1 Å². The molecule has 2 rings (SSSR count). The number of benzene rings is 1. The van der Waals surface area contributed by atoms with E-state index in [0.29, 0.717) is 5.76 Å². The monoisotopic (exact) mass is 287 g/mol. The number of aryl methyl sites for hydroxylation is 1. The Balaban J connectivity index is 2.03. The van der Waals surface area contributed by atoms with E-state index in [2.05, 4.69) is 5.32 Å². The minimum Gasteiger partial charge on any atom is -0.467 e. The van der Waals surface area contributed by atoms with Gasteiger partial charge in [0.2, 0.25) is 5.91 Å². The smallest absolute Gasteiger partial charge is 0.336 e. The van der Waals surface area contributed by atoms with Gasteiger partial charge >= 0.3 is 5.97 Å². The molecule has 0 spiro atoms. The summed E-state index contributed by atoms with van der Waals surface area (Å²) < 4.78 is 10.4. The van der Waals surface area contributed by atoms with Gasteiger partial charge in [0.05, 0.1) is 6.26 Å². The molecule has 1 N–H and O–H groups in total. The van der Waals surface area contributed by atoms with Gasteiger partial charge in [0, 0.05) is 6.92 Å². The third kappa shape index (κ3) is 4.21. The van der Waals surface area contributed by atoms with Crippen molar-refractivity contribution in [2.45, 2.75) is 26.5 Å². The van der Waals surface area contributed by atoms with E-state index in [1.807, 2.05) is 31.2 Å². The fourth-order valence-electron chi connectivity index (χ4n) is 1.94. The highest BCUT2D eigenvalue weighted by Crippen LogP contribution is 2.16. The van der Waals surface area contributed by atoms with Gasteiger partial charge < -0.3 is 14.5 Å². The van der Waals surface area contributed by atoms with E-state index in [-0.39, 0.29) is 12.5 Å². The molecule has 0 saturated carbocycles. The molecular formula is C16H17NO4. The van der Waals surface area contributed by atoms with Crippen LogP contribution in [-0.4, -0.2) is 11.9 Å². The molecule has 110 valence electrons. The van der Waals surface area contributed by atoms with Crippen LogP contribution in [0.2, 0.25) is 0 Å². The third-order valence-corrected chi connectivity index (χ3v) is 2.87. The molecular weight excluding hydrogens is 270 g/mol. The predicted octanol–water partition coefficient (Wildman–Crippen LogP) is 2.51. The summed E-state index contributed by atoms with van der Waals surface area (Å²) >= 11 is 0. The molecule has 1 heterocycles. The molecule has 0 aliphatic heterocycles. The van der Waals surface area contributed by atoms with Crippen LogP contribution in [-0.2, 0) is 20.9 Å². The van der Waals surface area contributed by atoms with Gasteiger partial charge in [0.25, 0.3) is 0 Å². The molecule has 1 aromatic carbocycles. The number of esters is 1. The van der Waals surface area contributed by atoms with Crippen LogP contribution in [0.4, 0.5) is 0 Å². The molecule has 0 radical (unpaired) electrons. The number of carbonyl (C=O) groups excluding carboxylic acids is 2. The van der Waals surface area contributed by atoms with Crippen molar-refractivity contribution >= 4 is 11.9 Å². The van der Waals surface area contributed by atoms with Crippen molar-refractivity contribution in [1.29, 1.82) is 0 Å². The number of furan rings is 1. The predicted molar refractivity (Wildman–Crippen MR) is 76.2 cm³/mol. The fraction of sp³-hybridized carbons (Fsp3) is 0.250. The first-order valence-corrected chi connectivity index (χ1v) is 6.59. The molecule has 21 heavy (non-hydrogen) atoms. The molecule has 1 atom stereocenters. The fourth-order valence-corrected chi connectivity index (χ4v) is 1.94. The quantitative estimate of drug-likeness (QED) is 0.858. The third-order valence-electron chi connectivity index (χ3n) is 2.87. The molecule has 0 aliphatic carbocycles. The lowest BCUT2D eigenvalue weighted by Gasteiger charge is -2.14. The van der Waals surface area contributed by atoms with Crippen LogP contribution in [0, 0.1) is 6.92 Å². The van der Waals surface area contributed by atoms with Crippen molar-refractivity contribution in [2.24, 2.45) is 0 Å². The Kier molecular flexibility index (Phi) is 4.77. The van der Waals surface area contributed by atoms with Crippen LogP contribution in [0.25, 0.3) is 0 Å². The molecule has 0 bridgehead atoms. The molecule has 0 saturated heterocycles. The number of ether oxygens (including phenoxy) is 1. The number of hydrogen-bond acceptors (Lipinski definition) is 4. The number of nitrogens with one attached hydrogen (secondary N) is 1. The maximum Gasteiger partial charge on any atom is 0.336 e. The number of amides is 1. The van der Waals surface area contributed by atoms with E-state index >= 15 is 0 Å². The summed E-state index contributed by atoms with van der Waals surface area (Å²) in [6.07, 6.45) is 1.44. The van der Waals surface area contributed by atoms with Crippen molar-refractivity contribution in [2.75, 3.05) is 0 Å². The normalized spacial score (nSPS) is 11.7. The lowest BCUT2D eigenvalue weighted by molar-refractivity contribution is -0.149. The molecule has 2 aromatic rings. The lowest BCUT2D eigenvalue weighted by atomic mass is 10.1. The molecule has 5 nitrogen and oxygen atoms in total. The van der Waals surface area contributed by atoms with Crippen molar-refractivity contribution in [3.8, 4) is 0 Å². The second-order valence-corrected chi connectivity index (χ2v) is 4.75. The SMILES string of the molecule is CC(=O)NC(C(=O)OCc1cccc(C)c1)c1ccco1. The van der Waals surface area contributed by atoms with Crippen LogP contribution >= 0.6 is 0 Å². The lowest BCUT2D eigenvalue weighted by Crippen LogP contribution is -2.33. The molecule has 0 fully saturated rings. The Bertz CT molecular complexity index is 619. The van der Waals surface area contributed by atoms with Crippen molar-refractivity contribution in [3.05, 3.63) is 59.5 Å². The van der Waals surface area contributed by atoms with E-state index in [1.54, 1.807) is 12.1 Å². The summed E-state index contributed by atoms with van der Waals surface area (Å²) in [6.45, 7) is 3.45. The number of carbonyl (C=O) groups is 2. The summed E-state index contributed by atoms with van der Waals surface area (Å²) in [5, 5.41) is 2.52. The Morgan fingerprint density at radius 3 is 2.71 bits per heavy atom. The average Bonchev–Trinajstić information content (AvgIpc) is 2.96. The van der Waals surface area contributed by atoms with Gasteiger partial charge in [0.1, 0.15) is 12.4 Å². The van der Waals surface area contributed by atoms with Gasteiger partial charge in [-0.2, -0.15) is 0 Å². The van der Waals surface area contributed by atoms with Crippen molar-refractivity contribution in [3.63, 3.8) is 0 Å². The summed E-state index contributed by atoms with van der Waals surface area (Å²) in [4.78, 5) is 23.4. The van der Waals surface area contributed by atoms with Gasteiger partial charge in [-0.15, -0.1) is 0 Å². The van der Waals surface area contributed by atoms with Gasteiger partial charge in [-0.3, -0.25) is 4.79 Å². The summed E-state index contributed by atoms with van der Waals surface area (Å²) in [5.41, 5.74) is 1.98. The van der Waals surface area contributed by atoms with Crippen LogP contribution in [0.15, 0.2) is 47.1 Å². The van der Waals surface area contributed by atoms with Gasteiger partial charge in [-0.1, -0.05) is 29.8 Å². The zero-order valence-corrected chi connectivity index (χ0v) is 12.0. The maximum atomic E-state index is 12.1. The van der Waals surface area contributed by atoms with Crippen LogP contribution in [0.5, 0.6) is 0 Å².